The Hall–Kier alpha value is -1.58. The zero-order valence-electron chi connectivity index (χ0n) is 6.87. The summed E-state index contributed by atoms with van der Waals surface area (Å²) >= 11 is 0. The van der Waals surface area contributed by atoms with E-state index in [0.717, 1.165) is 11.1 Å². The molecule has 2 aromatic heterocycles. The summed E-state index contributed by atoms with van der Waals surface area (Å²) in [5.41, 5.74) is 2.41. The molecule has 12 heavy (non-hydrogen) atoms. The zero-order valence-corrected chi connectivity index (χ0v) is 6.87. The minimum atomic E-state index is 0.480. The molecule has 0 fully saturated rings. The van der Waals surface area contributed by atoms with Crippen molar-refractivity contribution >= 4 is 11.1 Å². The van der Waals surface area contributed by atoms with Crippen molar-refractivity contribution < 1.29 is 9.15 Å². The first-order valence-corrected chi connectivity index (χ1v) is 3.55. The van der Waals surface area contributed by atoms with Crippen LogP contribution in [0, 0.1) is 6.92 Å². The standard InChI is InChI=1S/C8H8N2O2/c1-5-3-12-7-6(5)9-4-10-8(7)11-2/h3-4H,1-2H3. The Morgan fingerprint density at radius 2 is 2.25 bits per heavy atom. The van der Waals surface area contributed by atoms with Crippen molar-refractivity contribution in [3.05, 3.63) is 18.2 Å². The molecule has 4 nitrogen and oxygen atoms in total. The maximum absolute atomic E-state index is 5.22. The molecule has 2 aromatic rings. The van der Waals surface area contributed by atoms with Gasteiger partial charge in [-0.15, -0.1) is 0 Å². The van der Waals surface area contributed by atoms with Crippen LogP contribution in [0.5, 0.6) is 5.88 Å². The Kier molecular flexibility index (Phi) is 1.46. The van der Waals surface area contributed by atoms with E-state index >= 15 is 0 Å². The Bertz CT molecular complexity index is 408. The van der Waals surface area contributed by atoms with Crippen LogP contribution in [0.3, 0.4) is 0 Å². The largest absolute Gasteiger partial charge is 0.478 e. The van der Waals surface area contributed by atoms with Crippen LogP contribution in [-0.4, -0.2) is 17.1 Å². The summed E-state index contributed by atoms with van der Waals surface area (Å²) in [5.74, 6) is 0.480. The van der Waals surface area contributed by atoms with Gasteiger partial charge in [-0.3, -0.25) is 0 Å². The van der Waals surface area contributed by atoms with Crippen LogP contribution < -0.4 is 4.74 Å². The van der Waals surface area contributed by atoms with Crippen molar-refractivity contribution in [2.45, 2.75) is 6.92 Å². The number of hydrogen-bond acceptors (Lipinski definition) is 4. The molecule has 0 atom stereocenters. The lowest BCUT2D eigenvalue weighted by Gasteiger charge is -1.96. The number of methoxy groups -OCH3 is 1. The van der Waals surface area contributed by atoms with E-state index in [1.54, 1.807) is 13.4 Å². The third-order valence-corrected chi connectivity index (χ3v) is 1.69. The van der Waals surface area contributed by atoms with Gasteiger partial charge in [0.15, 0.2) is 0 Å². The Balaban J connectivity index is 2.81. The molecule has 0 aliphatic carbocycles. The van der Waals surface area contributed by atoms with Gasteiger partial charge in [0, 0.05) is 5.56 Å². The van der Waals surface area contributed by atoms with E-state index in [9.17, 15) is 0 Å². The summed E-state index contributed by atoms with van der Waals surface area (Å²) in [7, 11) is 1.56. The molecule has 0 aliphatic heterocycles. The second-order valence-corrected chi connectivity index (χ2v) is 2.48. The summed E-state index contributed by atoms with van der Waals surface area (Å²) < 4.78 is 10.2. The Morgan fingerprint density at radius 1 is 1.42 bits per heavy atom. The van der Waals surface area contributed by atoms with E-state index < -0.39 is 0 Å². The lowest BCUT2D eigenvalue weighted by Crippen LogP contribution is -1.88. The smallest absolute Gasteiger partial charge is 0.261 e. The average Bonchev–Trinajstić information content (AvgIpc) is 2.48. The fraction of sp³-hybridized carbons (Fsp3) is 0.250. The molecule has 0 radical (unpaired) electrons. The number of hydrogen-bond donors (Lipinski definition) is 0. The predicted octanol–water partition coefficient (Wildman–Crippen LogP) is 1.54. The van der Waals surface area contributed by atoms with E-state index in [-0.39, 0.29) is 0 Å². The zero-order chi connectivity index (χ0) is 8.55. The minimum Gasteiger partial charge on any atom is -0.478 e. The predicted molar refractivity (Wildman–Crippen MR) is 43.1 cm³/mol. The SMILES string of the molecule is COc1ncnc2c(C)coc12. The molecule has 2 rings (SSSR count). The van der Waals surface area contributed by atoms with Crippen molar-refractivity contribution in [2.24, 2.45) is 0 Å². The molecule has 0 aromatic carbocycles. The van der Waals surface area contributed by atoms with Gasteiger partial charge in [-0.1, -0.05) is 0 Å². The molecule has 0 aliphatic rings. The first-order valence-electron chi connectivity index (χ1n) is 3.55. The number of rotatable bonds is 1. The number of aromatic nitrogens is 2. The van der Waals surface area contributed by atoms with Crippen LogP contribution in [0.1, 0.15) is 5.56 Å². The van der Waals surface area contributed by atoms with E-state index in [2.05, 4.69) is 9.97 Å². The molecule has 0 amide bonds. The Labute approximate surface area is 69.2 Å². The third kappa shape index (κ3) is 0.845. The molecule has 0 N–H and O–H groups in total. The monoisotopic (exact) mass is 164 g/mol. The Morgan fingerprint density at radius 3 is 3.00 bits per heavy atom. The molecule has 2 heterocycles. The molecule has 0 spiro atoms. The van der Waals surface area contributed by atoms with E-state index in [0.29, 0.717) is 11.5 Å². The van der Waals surface area contributed by atoms with Gasteiger partial charge in [0.25, 0.3) is 5.88 Å². The van der Waals surface area contributed by atoms with Crippen molar-refractivity contribution in [1.29, 1.82) is 0 Å². The number of fused-ring (bicyclic) bond motifs is 1. The first kappa shape index (κ1) is 7.09. The van der Waals surface area contributed by atoms with Crippen molar-refractivity contribution in [2.75, 3.05) is 7.11 Å². The van der Waals surface area contributed by atoms with Gasteiger partial charge < -0.3 is 9.15 Å². The summed E-state index contributed by atoms with van der Waals surface area (Å²) in [4.78, 5) is 7.98. The second-order valence-electron chi connectivity index (χ2n) is 2.48. The van der Waals surface area contributed by atoms with Crippen LogP contribution in [0.2, 0.25) is 0 Å². The number of aryl methyl sites for hydroxylation is 1. The maximum atomic E-state index is 5.22. The molecule has 0 unspecified atom stereocenters. The maximum Gasteiger partial charge on any atom is 0.261 e. The summed E-state index contributed by atoms with van der Waals surface area (Å²) in [6, 6.07) is 0. The van der Waals surface area contributed by atoms with Crippen LogP contribution >= 0.6 is 0 Å². The number of furan rings is 1. The molecule has 4 heteroatoms. The second kappa shape index (κ2) is 2.48. The van der Waals surface area contributed by atoms with Gasteiger partial charge in [-0.25, -0.2) is 4.98 Å². The van der Waals surface area contributed by atoms with Crippen LogP contribution in [-0.2, 0) is 0 Å². The number of nitrogens with zero attached hydrogens (tertiary/aromatic N) is 2. The number of ether oxygens (including phenoxy) is 1. The lowest BCUT2D eigenvalue weighted by molar-refractivity contribution is 0.393. The first-order chi connectivity index (χ1) is 5.83. The topological polar surface area (TPSA) is 48.2 Å². The quantitative estimate of drug-likeness (QED) is 0.641. The molecule has 0 saturated carbocycles. The fourth-order valence-corrected chi connectivity index (χ4v) is 1.09. The molecular weight excluding hydrogens is 156 g/mol. The van der Waals surface area contributed by atoms with Gasteiger partial charge in [0.05, 0.1) is 13.4 Å². The summed E-state index contributed by atoms with van der Waals surface area (Å²) in [6.45, 7) is 1.93. The fourth-order valence-electron chi connectivity index (χ4n) is 1.09. The highest BCUT2D eigenvalue weighted by atomic mass is 16.5. The van der Waals surface area contributed by atoms with Crippen molar-refractivity contribution in [1.82, 2.24) is 9.97 Å². The lowest BCUT2D eigenvalue weighted by atomic mass is 10.3. The van der Waals surface area contributed by atoms with Crippen molar-refractivity contribution in [3.63, 3.8) is 0 Å². The normalized spacial score (nSPS) is 10.5. The summed E-state index contributed by atoms with van der Waals surface area (Å²) in [6.07, 6.45) is 3.10. The average molecular weight is 164 g/mol. The highest BCUT2D eigenvalue weighted by molar-refractivity contribution is 5.80. The van der Waals surface area contributed by atoms with Gasteiger partial charge in [-0.2, -0.15) is 4.98 Å². The molecular formula is C8H8N2O2. The van der Waals surface area contributed by atoms with Crippen LogP contribution in [0.15, 0.2) is 17.0 Å². The van der Waals surface area contributed by atoms with Gasteiger partial charge in [-0.05, 0) is 6.92 Å². The van der Waals surface area contributed by atoms with E-state index in [1.165, 1.54) is 6.33 Å². The van der Waals surface area contributed by atoms with Gasteiger partial charge in [0.2, 0.25) is 5.58 Å². The van der Waals surface area contributed by atoms with Crippen LogP contribution in [0.4, 0.5) is 0 Å². The van der Waals surface area contributed by atoms with Crippen molar-refractivity contribution in [3.8, 4) is 5.88 Å². The minimum absolute atomic E-state index is 0.480. The molecule has 0 bridgehead atoms. The van der Waals surface area contributed by atoms with Gasteiger partial charge in [0.1, 0.15) is 11.8 Å². The van der Waals surface area contributed by atoms with E-state index in [4.69, 9.17) is 9.15 Å². The van der Waals surface area contributed by atoms with Gasteiger partial charge >= 0.3 is 0 Å². The summed E-state index contributed by atoms with van der Waals surface area (Å²) in [5, 5.41) is 0. The van der Waals surface area contributed by atoms with E-state index in [1.807, 2.05) is 6.92 Å². The molecule has 0 saturated heterocycles. The highest BCUT2D eigenvalue weighted by Crippen LogP contribution is 2.24. The van der Waals surface area contributed by atoms with Crippen LogP contribution in [0.25, 0.3) is 11.1 Å². The highest BCUT2D eigenvalue weighted by Gasteiger charge is 2.08. The third-order valence-electron chi connectivity index (χ3n) is 1.69. The molecule has 62 valence electrons.